The lowest BCUT2D eigenvalue weighted by molar-refractivity contribution is -0.131. The first-order valence-corrected chi connectivity index (χ1v) is 7.66. The highest BCUT2D eigenvalue weighted by Crippen LogP contribution is 2.15. The van der Waals surface area contributed by atoms with Gasteiger partial charge >= 0.3 is 0 Å². The van der Waals surface area contributed by atoms with Crippen molar-refractivity contribution in [2.24, 2.45) is 5.92 Å². The Morgan fingerprint density at radius 3 is 2.21 bits per heavy atom. The lowest BCUT2D eigenvalue weighted by Gasteiger charge is -2.33. The van der Waals surface area contributed by atoms with Gasteiger partial charge in [0.1, 0.15) is 5.38 Å². The maximum Gasteiger partial charge on any atom is 0.240 e. The van der Waals surface area contributed by atoms with Gasteiger partial charge in [0.15, 0.2) is 0 Å². The van der Waals surface area contributed by atoms with Crippen molar-refractivity contribution in [3.8, 4) is 0 Å². The van der Waals surface area contributed by atoms with Gasteiger partial charge in [-0.1, -0.05) is 13.8 Å². The van der Waals surface area contributed by atoms with Crippen LogP contribution in [0.2, 0.25) is 0 Å². The molecule has 0 bridgehead atoms. The molecule has 1 aliphatic heterocycles. The van der Waals surface area contributed by atoms with Crippen LogP contribution < -0.4 is 5.32 Å². The Morgan fingerprint density at radius 1 is 1.26 bits per heavy atom. The molecule has 110 valence electrons. The number of alkyl halides is 1. The van der Waals surface area contributed by atoms with E-state index in [9.17, 15) is 9.59 Å². The highest BCUT2D eigenvalue weighted by Gasteiger charge is 2.26. The van der Waals surface area contributed by atoms with Gasteiger partial charge in [0.25, 0.3) is 0 Å². The number of carbonyl (C=O) groups is 2. The van der Waals surface area contributed by atoms with Gasteiger partial charge in [-0.2, -0.15) is 0 Å². The summed E-state index contributed by atoms with van der Waals surface area (Å²) in [5.41, 5.74) is 0. The molecule has 4 nitrogen and oxygen atoms in total. The van der Waals surface area contributed by atoms with Crippen LogP contribution in [0.4, 0.5) is 0 Å². The van der Waals surface area contributed by atoms with Crippen molar-refractivity contribution < 1.29 is 9.59 Å². The Morgan fingerprint density at radius 2 is 1.79 bits per heavy atom. The molecule has 1 heterocycles. The Bertz CT molecular complexity index is 309. The van der Waals surface area contributed by atoms with Crippen LogP contribution in [-0.4, -0.2) is 41.2 Å². The zero-order chi connectivity index (χ0) is 14.4. The van der Waals surface area contributed by atoms with E-state index in [0.29, 0.717) is 13.1 Å². The molecule has 0 aromatic heterocycles. The number of piperidine rings is 1. The number of likely N-dealkylation sites (tertiary alicyclic amines) is 1. The van der Waals surface area contributed by atoms with Crippen molar-refractivity contribution in [2.75, 3.05) is 13.1 Å². The Hall–Kier alpha value is -0.770. The average Bonchev–Trinajstić information content (AvgIpc) is 2.40. The maximum absolute atomic E-state index is 12.0. The lowest BCUT2D eigenvalue weighted by Crippen LogP contribution is -2.49. The smallest absolute Gasteiger partial charge is 0.240 e. The van der Waals surface area contributed by atoms with Crippen molar-refractivity contribution in [1.82, 2.24) is 10.2 Å². The largest absolute Gasteiger partial charge is 0.353 e. The third kappa shape index (κ3) is 4.68. The standard InChI is InChI=1S/C14H25ClN2O2/c1-4-11(5-2)13(18)16-12-6-8-17(9-7-12)14(19)10(3)15/h10-12H,4-9H2,1-3H3,(H,16,18). The van der Waals surface area contributed by atoms with E-state index in [2.05, 4.69) is 5.32 Å². The molecule has 19 heavy (non-hydrogen) atoms. The molecule has 2 amide bonds. The third-order valence-electron chi connectivity index (χ3n) is 3.85. The van der Waals surface area contributed by atoms with Gasteiger partial charge in [-0.25, -0.2) is 0 Å². The number of rotatable bonds is 5. The molecule has 1 atom stereocenters. The van der Waals surface area contributed by atoms with Gasteiger partial charge in [0.05, 0.1) is 0 Å². The number of hydrogen-bond donors (Lipinski definition) is 1. The van der Waals surface area contributed by atoms with Crippen molar-refractivity contribution in [1.29, 1.82) is 0 Å². The molecule has 0 aromatic rings. The van der Waals surface area contributed by atoms with Crippen LogP contribution in [-0.2, 0) is 9.59 Å². The average molecular weight is 289 g/mol. The van der Waals surface area contributed by atoms with E-state index in [1.807, 2.05) is 13.8 Å². The number of nitrogens with one attached hydrogen (secondary N) is 1. The number of hydrogen-bond acceptors (Lipinski definition) is 2. The molecule has 0 saturated carbocycles. The number of amides is 2. The summed E-state index contributed by atoms with van der Waals surface area (Å²) in [5, 5.41) is 2.64. The van der Waals surface area contributed by atoms with E-state index in [0.717, 1.165) is 25.7 Å². The molecule has 1 aliphatic rings. The minimum Gasteiger partial charge on any atom is -0.353 e. The molecule has 0 aliphatic carbocycles. The Balaban J connectivity index is 2.38. The molecule has 0 radical (unpaired) electrons. The molecule has 0 aromatic carbocycles. The van der Waals surface area contributed by atoms with Crippen LogP contribution in [0.5, 0.6) is 0 Å². The quantitative estimate of drug-likeness (QED) is 0.788. The topological polar surface area (TPSA) is 49.4 Å². The summed E-state index contributed by atoms with van der Waals surface area (Å²) < 4.78 is 0. The first-order chi connectivity index (χ1) is 8.99. The molecular weight excluding hydrogens is 264 g/mol. The summed E-state index contributed by atoms with van der Waals surface area (Å²) in [6.45, 7) is 7.14. The fourth-order valence-electron chi connectivity index (χ4n) is 2.47. The molecule has 1 unspecified atom stereocenters. The second kappa shape index (κ2) is 7.73. The fraction of sp³-hybridized carbons (Fsp3) is 0.857. The molecule has 1 rings (SSSR count). The fourth-order valence-corrected chi connectivity index (χ4v) is 2.61. The summed E-state index contributed by atoms with van der Waals surface area (Å²) >= 11 is 5.80. The van der Waals surface area contributed by atoms with Crippen LogP contribution in [0, 0.1) is 5.92 Å². The predicted molar refractivity (Wildman–Crippen MR) is 77.1 cm³/mol. The monoisotopic (exact) mass is 288 g/mol. The van der Waals surface area contributed by atoms with Crippen molar-refractivity contribution in [3.63, 3.8) is 0 Å². The molecule has 1 fully saturated rings. The maximum atomic E-state index is 12.0. The molecule has 1 saturated heterocycles. The molecule has 1 N–H and O–H groups in total. The van der Waals surface area contributed by atoms with Gasteiger partial charge in [-0.05, 0) is 32.6 Å². The summed E-state index contributed by atoms with van der Waals surface area (Å²) in [5.74, 6) is 0.259. The number of nitrogens with zero attached hydrogens (tertiary/aromatic N) is 1. The van der Waals surface area contributed by atoms with Crippen LogP contribution in [0.3, 0.4) is 0 Å². The van der Waals surface area contributed by atoms with E-state index in [1.54, 1.807) is 11.8 Å². The number of halogens is 1. The van der Waals surface area contributed by atoms with E-state index in [1.165, 1.54) is 0 Å². The highest BCUT2D eigenvalue weighted by atomic mass is 35.5. The second-order valence-electron chi connectivity index (χ2n) is 5.24. The Kier molecular flexibility index (Phi) is 6.63. The predicted octanol–water partition coefficient (Wildman–Crippen LogP) is 2.16. The first-order valence-electron chi connectivity index (χ1n) is 7.22. The third-order valence-corrected chi connectivity index (χ3v) is 4.04. The minimum atomic E-state index is -0.462. The van der Waals surface area contributed by atoms with Gasteiger partial charge in [0.2, 0.25) is 11.8 Å². The zero-order valence-electron chi connectivity index (χ0n) is 12.1. The summed E-state index contributed by atoms with van der Waals surface area (Å²) in [6.07, 6.45) is 3.40. The highest BCUT2D eigenvalue weighted by molar-refractivity contribution is 6.30. The molecule has 0 spiro atoms. The van der Waals surface area contributed by atoms with E-state index in [4.69, 9.17) is 11.6 Å². The van der Waals surface area contributed by atoms with E-state index in [-0.39, 0.29) is 23.8 Å². The normalized spacial score (nSPS) is 18.5. The van der Waals surface area contributed by atoms with Gasteiger partial charge in [-0.3, -0.25) is 9.59 Å². The number of carbonyl (C=O) groups excluding carboxylic acids is 2. The van der Waals surface area contributed by atoms with Crippen LogP contribution >= 0.6 is 11.6 Å². The summed E-state index contributed by atoms with van der Waals surface area (Å²) in [4.78, 5) is 25.5. The lowest BCUT2D eigenvalue weighted by atomic mass is 9.99. The van der Waals surface area contributed by atoms with Crippen LogP contribution in [0.25, 0.3) is 0 Å². The van der Waals surface area contributed by atoms with Gasteiger partial charge in [0, 0.05) is 25.0 Å². The van der Waals surface area contributed by atoms with Gasteiger partial charge in [-0.15, -0.1) is 11.6 Å². The summed E-state index contributed by atoms with van der Waals surface area (Å²) in [7, 11) is 0. The van der Waals surface area contributed by atoms with Crippen molar-refractivity contribution in [3.05, 3.63) is 0 Å². The SMILES string of the molecule is CCC(CC)C(=O)NC1CCN(C(=O)C(C)Cl)CC1. The van der Waals surface area contributed by atoms with Crippen LogP contribution in [0.15, 0.2) is 0 Å². The molecule has 5 heteroatoms. The first kappa shape index (κ1) is 16.3. The second-order valence-corrected chi connectivity index (χ2v) is 5.89. The van der Waals surface area contributed by atoms with E-state index >= 15 is 0 Å². The zero-order valence-corrected chi connectivity index (χ0v) is 12.9. The van der Waals surface area contributed by atoms with Crippen molar-refractivity contribution in [2.45, 2.75) is 57.9 Å². The van der Waals surface area contributed by atoms with E-state index < -0.39 is 5.38 Å². The molecular formula is C14H25ClN2O2. The Labute approximate surface area is 120 Å². The van der Waals surface area contributed by atoms with Gasteiger partial charge < -0.3 is 10.2 Å². The van der Waals surface area contributed by atoms with Crippen LogP contribution in [0.1, 0.15) is 46.5 Å². The minimum absolute atomic E-state index is 0.00793. The summed E-state index contributed by atoms with van der Waals surface area (Å²) in [6, 6.07) is 0.197. The van der Waals surface area contributed by atoms with Crippen molar-refractivity contribution >= 4 is 23.4 Å².